The van der Waals surface area contributed by atoms with E-state index < -0.39 is 29.4 Å². The number of hydrogen-bond acceptors (Lipinski definition) is 3. The van der Waals surface area contributed by atoms with Crippen LogP contribution in [-0.4, -0.2) is 18.7 Å². The fourth-order valence-corrected chi connectivity index (χ4v) is 2.50. The van der Waals surface area contributed by atoms with Crippen LogP contribution >= 0.6 is 0 Å². The standard InChI is InChI=1S/C17H22F2O3/c1-11(20)17(2,3)16(22-15-6-4-5-9-21-15)13-8-7-12(18)10-14(13)19/h7-8,10,15-16H,4-6,9H2,1-3H3. The number of benzene rings is 1. The first kappa shape index (κ1) is 17.0. The molecule has 1 aliphatic heterocycles. The molecule has 2 atom stereocenters. The zero-order chi connectivity index (χ0) is 16.3. The zero-order valence-corrected chi connectivity index (χ0v) is 13.2. The molecule has 0 radical (unpaired) electrons. The highest BCUT2D eigenvalue weighted by Gasteiger charge is 2.39. The highest BCUT2D eigenvalue weighted by molar-refractivity contribution is 5.82. The molecule has 1 aliphatic rings. The van der Waals surface area contributed by atoms with Gasteiger partial charge in [-0.2, -0.15) is 0 Å². The van der Waals surface area contributed by atoms with Gasteiger partial charge in [-0.1, -0.05) is 19.9 Å². The number of carbonyl (C=O) groups excluding carboxylic acids is 1. The predicted molar refractivity (Wildman–Crippen MR) is 78.2 cm³/mol. The van der Waals surface area contributed by atoms with Gasteiger partial charge in [0.25, 0.3) is 0 Å². The number of rotatable bonds is 5. The van der Waals surface area contributed by atoms with Crippen LogP contribution < -0.4 is 0 Å². The second-order valence-electron chi connectivity index (χ2n) is 6.26. The van der Waals surface area contributed by atoms with E-state index in [4.69, 9.17) is 9.47 Å². The molecule has 22 heavy (non-hydrogen) atoms. The van der Waals surface area contributed by atoms with E-state index in [1.54, 1.807) is 13.8 Å². The van der Waals surface area contributed by atoms with Gasteiger partial charge < -0.3 is 9.47 Å². The Labute approximate surface area is 129 Å². The van der Waals surface area contributed by atoms with Crippen LogP contribution in [0.2, 0.25) is 0 Å². The van der Waals surface area contributed by atoms with Gasteiger partial charge in [-0.05, 0) is 32.3 Å². The molecule has 0 N–H and O–H groups in total. The lowest BCUT2D eigenvalue weighted by atomic mass is 9.79. The van der Waals surface area contributed by atoms with Crippen molar-refractivity contribution in [3.8, 4) is 0 Å². The summed E-state index contributed by atoms with van der Waals surface area (Å²) in [5.74, 6) is -1.50. The van der Waals surface area contributed by atoms with Gasteiger partial charge in [0.05, 0.1) is 5.41 Å². The van der Waals surface area contributed by atoms with E-state index in [0.717, 1.165) is 18.9 Å². The van der Waals surface area contributed by atoms with Crippen LogP contribution in [0, 0.1) is 17.0 Å². The van der Waals surface area contributed by atoms with E-state index >= 15 is 0 Å². The fraction of sp³-hybridized carbons (Fsp3) is 0.588. The average molecular weight is 312 g/mol. The Balaban J connectivity index is 2.34. The van der Waals surface area contributed by atoms with Gasteiger partial charge >= 0.3 is 0 Å². The summed E-state index contributed by atoms with van der Waals surface area (Å²) in [7, 11) is 0. The van der Waals surface area contributed by atoms with Crippen molar-refractivity contribution < 1.29 is 23.0 Å². The topological polar surface area (TPSA) is 35.5 Å². The van der Waals surface area contributed by atoms with Crippen molar-refractivity contribution in [1.29, 1.82) is 0 Å². The van der Waals surface area contributed by atoms with Crippen LogP contribution in [0.25, 0.3) is 0 Å². The number of hydrogen-bond donors (Lipinski definition) is 0. The fourth-order valence-electron chi connectivity index (χ4n) is 2.50. The monoisotopic (exact) mass is 312 g/mol. The van der Waals surface area contributed by atoms with Crippen molar-refractivity contribution in [2.24, 2.45) is 5.41 Å². The normalized spacial score (nSPS) is 20.7. The Morgan fingerprint density at radius 1 is 1.36 bits per heavy atom. The third kappa shape index (κ3) is 3.70. The lowest BCUT2D eigenvalue weighted by molar-refractivity contribution is -0.211. The Bertz CT molecular complexity index is 537. The lowest BCUT2D eigenvalue weighted by Crippen LogP contribution is -2.36. The van der Waals surface area contributed by atoms with E-state index in [1.165, 1.54) is 19.1 Å². The van der Waals surface area contributed by atoms with Crippen LogP contribution in [0.4, 0.5) is 8.78 Å². The highest BCUT2D eigenvalue weighted by atomic mass is 19.1. The third-order valence-electron chi connectivity index (χ3n) is 4.23. The minimum absolute atomic E-state index is 0.128. The maximum atomic E-state index is 14.2. The Morgan fingerprint density at radius 3 is 2.64 bits per heavy atom. The quantitative estimate of drug-likeness (QED) is 0.819. The molecule has 1 aromatic carbocycles. The van der Waals surface area contributed by atoms with Gasteiger partial charge in [0, 0.05) is 18.2 Å². The van der Waals surface area contributed by atoms with E-state index in [9.17, 15) is 13.6 Å². The van der Waals surface area contributed by atoms with Gasteiger partial charge in [-0.3, -0.25) is 4.79 Å². The Hall–Kier alpha value is -1.33. The average Bonchev–Trinajstić information content (AvgIpc) is 2.46. The molecule has 1 aromatic rings. The van der Waals surface area contributed by atoms with Gasteiger partial charge in [0.15, 0.2) is 6.29 Å². The van der Waals surface area contributed by atoms with E-state index in [-0.39, 0.29) is 11.3 Å². The second kappa shape index (κ2) is 6.84. The van der Waals surface area contributed by atoms with Crippen LogP contribution in [-0.2, 0) is 14.3 Å². The van der Waals surface area contributed by atoms with Crippen molar-refractivity contribution in [1.82, 2.24) is 0 Å². The first-order valence-corrected chi connectivity index (χ1v) is 7.55. The van der Waals surface area contributed by atoms with E-state index in [1.807, 2.05) is 0 Å². The summed E-state index contributed by atoms with van der Waals surface area (Å²) in [6.07, 6.45) is 1.33. The molecule has 1 heterocycles. The minimum Gasteiger partial charge on any atom is -0.353 e. The van der Waals surface area contributed by atoms with Crippen LogP contribution in [0.3, 0.4) is 0 Å². The molecule has 3 nitrogen and oxygen atoms in total. The molecule has 0 aromatic heterocycles. The molecule has 0 saturated carbocycles. The molecular formula is C17H22F2O3. The second-order valence-corrected chi connectivity index (χ2v) is 6.26. The van der Waals surface area contributed by atoms with Crippen molar-refractivity contribution in [3.05, 3.63) is 35.4 Å². The number of ketones is 1. The molecule has 0 aliphatic carbocycles. The molecule has 1 fully saturated rings. The van der Waals surface area contributed by atoms with Crippen molar-refractivity contribution in [2.45, 2.75) is 52.4 Å². The molecular weight excluding hydrogens is 290 g/mol. The number of ether oxygens (including phenoxy) is 2. The summed E-state index contributed by atoms with van der Waals surface area (Å²) in [5, 5.41) is 0. The lowest BCUT2D eigenvalue weighted by Gasteiger charge is -2.36. The van der Waals surface area contributed by atoms with Crippen molar-refractivity contribution in [2.75, 3.05) is 6.61 Å². The molecule has 2 rings (SSSR count). The SMILES string of the molecule is CC(=O)C(C)(C)C(OC1CCCCO1)c1ccc(F)cc1F. The van der Waals surface area contributed by atoms with Crippen molar-refractivity contribution >= 4 is 5.78 Å². The summed E-state index contributed by atoms with van der Waals surface area (Å²) >= 11 is 0. The third-order valence-corrected chi connectivity index (χ3v) is 4.23. The van der Waals surface area contributed by atoms with Crippen LogP contribution in [0.1, 0.15) is 51.7 Å². The smallest absolute Gasteiger partial charge is 0.158 e. The maximum absolute atomic E-state index is 14.2. The summed E-state index contributed by atoms with van der Waals surface area (Å²) in [6.45, 7) is 5.43. The van der Waals surface area contributed by atoms with E-state index in [2.05, 4.69) is 0 Å². The summed E-state index contributed by atoms with van der Waals surface area (Å²) in [6, 6.07) is 3.32. The number of Topliss-reactive ketones (excluding diaryl/α,β-unsaturated/α-hetero) is 1. The maximum Gasteiger partial charge on any atom is 0.158 e. The summed E-state index contributed by atoms with van der Waals surface area (Å²) in [5.41, 5.74) is -0.768. The number of carbonyl (C=O) groups is 1. The molecule has 1 saturated heterocycles. The Morgan fingerprint density at radius 2 is 2.09 bits per heavy atom. The van der Waals surface area contributed by atoms with Gasteiger partial charge in [-0.25, -0.2) is 8.78 Å². The molecule has 5 heteroatoms. The van der Waals surface area contributed by atoms with Gasteiger partial charge in [0.2, 0.25) is 0 Å². The summed E-state index contributed by atoms with van der Waals surface area (Å²) < 4.78 is 38.8. The Kier molecular flexibility index (Phi) is 5.29. The minimum atomic E-state index is -0.945. The summed E-state index contributed by atoms with van der Waals surface area (Å²) in [4.78, 5) is 12.0. The van der Waals surface area contributed by atoms with Gasteiger partial charge in [-0.15, -0.1) is 0 Å². The molecule has 122 valence electrons. The zero-order valence-electron chi connectivity index (χ0n) is 13.2. The first-order chi connectivity index (χ1) is 10.3. The molecule has 2 unspecified atom stereocenters. The van der Waals surface area contributed by atoms with Crippen LogP contribution in [0.15, 0.2) is 18.2 Å². The molecule has 0 bridgehead atoms. The van der Waals surface area contributed by atoms with E-state index in [0.29, 0.717) is 13.0 Å². The molecule has 0 amide bonds. The highest BCUT2D eigenvalue weighted by Crippen LogP contribution is 2.40. The predicted octanol–water partition coefficient (Wildman–Crippen LogP) is 4.16. The van der Waals surface area contributed by atoms with Crippen LogP contribution in [0.5, 0.6) is 0 Å². The first-order valence-electron chi connectivity index (χ1n) is 7.55. The molecule has 0 spiro atoms. The van der Waals surface area contributed by atoms with Crippen molar-refractivity contribution in [3.63, 3.8) is 0 Å². The van der Waals surface area contributed by atoms with Gasteiger partial charge in [0.1, 0.15) is 23.5 Å². The number of halogens is 2. The largest absolute Gasteiger partial charge is 0.353 e.